The monoisotopic (exact) mass is 643 g/mol. The Morgan fingerprint density at radius 1 is 1.26 bits per heavy atom. The fourth-order valence-electron chi connectivity index (χ4n) is 3.63. The minimum absolute atomic E-state index is 0.0485. The summed E-state index contributed by atoms with van der Waals surface area (Å²) in [6.45, 7) is 0.842. The summed E-state index contributed by atoms with van der Waals surface area (Å²) >= 11 is 2.08. The Hall–Kier alpha value is -4.56. The molecular weight excluding hydrogens is 622 g/mol. The fourth-order valence-corrected chi connectivity index (χ4v) is 6.38. The van der Waals surface area contributed by atoms with Crippen molar-refractivity contribution in [2.75, 3.05) is 24.0 Å². The van der Waals surface area contributed by atoms with Crippen molar-refractivity contribution in [1.29, 1.82) is 0 Å². The molecule has 2 aromatic rings. The van der Waals surface area contributed by atoms with Crippen LogP contribution in [0.5, 0.6) is 11.5 Å². The molecule has 4 rings (SSSR count). The van der Waals surface area contributed by atoms with Crippen molar-refractivity contribution >= 4 is 67.7 Å². The van der Waals surface area contributed by atoms with E-state index in [9.17, 15) is 37.8 Å². The van der Waals surface area contributed by atoms with Crippen LogP contribution in [-0.2, 0) is 38.5 Å². The number of benzene rings is 1. The highest BCUT2D eigenvalue weighted by Crippen LogP contribution is 2.40. The van der Waals surface area contributed by atoms with E-state index >= 15 is 0 Å². The Balaban J connectivity index is 1.52. The molecule has 1 fully saturated rings. The number of nitrogens with two attached hydrogens (primary N) is 1. The number of aromatic nitrogens is 1. The third kappa shape index (κ3) is 6.50. The normalized spacial score (nSPS) is 18.5. The molecule has 42 heavy (non-hydrogen) atoms. The number of carboxylic acid groups (broad SMARTS) is 1. The second-order valence-electron chi connectivity index (χ2n) is 8.44. The van der Waals surface area contributed by atoms with Gasteiger partial charge in [0, 0.05) is 29.7 Å². The van der Waals surface area contributed by atoms with Gasteiger partial charge in [-0.25, -0.2) is 18.2 Å². The number of rotatable bonds is 10. The molecule has 2 aliphatic rings. The molecule has 17 nitrogen and oxygen atoms in total. The summed E-state index contributed by atoms with van der Waals surface area (Å²) in [7, 11) is -4.21. The van der Waals surface area contributed by atoms with Crippen LogP contribution in [0.4, 0.5) is 9.93 Å². The van der Waals surface area contributed by atoms with Gasteiger partial charge in [0.25, 0.3) is 11.8 Å². The van der Waals surface area contributed by atoms with Gasteiger partial charge in [-0.1, -0.05) is 5.16 Å². The van der Waals surface area contributed by atoms with Crippen LogP contribution in [0.3, 0.4) is 0 Å². The molecule has 0 radical (unpaired) electrons. The number of carbonyl (C=O) groups is 4. The predicted octanol–water partition coefficient (Wildman–Crippen LogP) is 0.158. The van der Waals surface area contributed by atoms with E-state index in [0.717, 1.165) is 53.1 Å². The van der Waals surface area contributed by atoms with Crippen molar-refractivity contribution in [1.82, 2.24) is 15.2 Å². The van der Waals surface area contributed by atoms with Crippen molar-refractivity contribution in [2.45, 2.75) is 23.2 Å². The first kappa shape index (κ1) is 30.4. The Bertz CT molecular complexity index is 1620. The minimum atomic E-state index is -4.21. The Morgan fingerprint density at radius 2 is 2.00 bits per heavy atom. The fraction of sp³-hybridized carbons (Fsp3) is 0.273. The zero-order chi connectivity index (χ0) is 30.8. The van der Waals surface area contributed by atoms with Gasteiger partial charge in [-0.15, -0.1) is 23.1 Å². The molecule has 3 heterocycles. The van der Waals surface area contributed by atoms with E-state index in [1.807, 2.05) is 0 Å². The number of phenols is 2. The summed E-state index contributed by atoms with van der Waals surface area (Å²) in [5.41, 5.74) is 5.27. The number of carbonyl (C=O) groups excluding carboxylic acids is 3. The lowest BCUT2D eigenvalue weighted by molar-refractivity contribution is -0.148. The number of hydrogen-bond acceptors (Lipinski definition) is 16. The van der Waals surface area contributed by atoms with Gasteiger partial charge in [0.05, 0.1) is 4.90 Å². The van der Waals surface area contributed by atoms with E-state index in [-0.39, 0.29) is 34.6 Å². The van der Waals surface area contributed by atoms with Gasteiger partial charge >= 0.3 is 12.1 Å². The average molecular weight is 644 g/mol. The van der Waals surface area contributed by atoms with Crippen molar-refractivity contribution in [2.24, 2.45) is 5.16 Å². The smallest absolute Gasteiger partial charge is 0.504 e. The standard InChI is InChI=1S/C22H21N5O12S3/c1-9(28)37-5-10-6-40-20-16(18(32)27(20)19(10)39-22(33)34)25-17(31)15(12-7-41-21(23)24-12)26-38-8-42(35,36)11-2-3-13(29)14(30)4-11/h2-4,7,16,20,29-30H,5-6,8H2,1H3,(H2,23,24)(H,25,31)(H,33,34)/b26-15-/t16-,20-/m1/s1. The van der Waals surface area contributed by atoms with Crippen LogP contribution in [0.15, 0.2) is 45.1 Å². The first-order chi connectivity index (χ1) is 19.8. The second-order valence-corrected chi connectivity index (χ2v) is 12.4. The molecule has 0 bridgehead atoms. The predicted molar refractivity (Wildman–Crippen MR) is 144 cm³/mol. The van der Waals surface area contributed by atoms with Crippen LogP contribution in [0, 0.1) is 0 Å². The topological polar surface area (TPSA) is 257 Å². The number of amides is 2. The summed E-state index contributed by atoms with van der Waals surface area (Å²) in [5, 5.41) is 34.8. The number of sulfone groups is 1. The van der Waals surface area contributed by atoms with E-state index in [2.05, 4.69) is 15.5 Å². The van der Waals surface area contributed by atoms with Crippen LogP contribution in [0.2, 0.25) is 0 Å². The maximum Gasteiger partial charge on any atom is 0.512 e. The van der Waals surface area contributed by atoms with Crippen molar-refractivity contribution in [3.05, 3.63) is 40.7 Å². The van der Waals surface area contributed by atoms with Crippen molar-refractivity contribution in [3.63, 3.8) is 0 Å². The van der Waals surface area contributed by atoms with Gasteiger partial charge in [-0.05, 0) is 12.1 Å². The highest BCUT2D eigenvalue weighted by Gasteiger charge is 2.54. The zero-order valence-electron chi connectivity index (χ0n) is 21.2. The lowest BCUT2D eigenvalue weighted by Gasteiger charge is -2.49. The maximum atomic E-state index is 13.2. The number of aromatic hydroxyl groups is 2. The number of phenolic OH excluding ortho intramolecular Hbond substituents is 2. The molecule has 6 N–H and O–H groups in total. The first-order valence-electron chi connectivity index (χ1n) is 11.5. The summed E-state index contributed by atoms with van der Waals surface area (Å²) in [6, 6.07) is 1.61. The number of oxime groups is 1. The van der Waals surface area contributed by atoms with Gasteiger partial charge in [0.1, 0.15) is 23.7 Å². The molecule has 2 aliphatic heterocycles. The highest BCUT2D eigenvalue weighted by molar-refractivity contribution is 8.00. The Kier molecular flexibility index (Phi) is 8.78. The first-order valence-corrected chi connectivity index (χ1v) is 15.0. The van der Waals surface area contributed by atoms with Gasteiger partial charge in [-0.2, -0.15) is 0 Å². The Labute approximate surface area is 244 Å². The van der Waals surface area contributed by atoms with E-state index in [0.29, 0.717) is 0 Å². The van der Waals surface area contributed by atoms with Crippen LogP contribution >= 0.6 is 23.1 Å². The molecule has 1 aromatic heterocycles. The van der Waals surface area contributed by atoms with E-state index in [1.54, 1.807) is 0 Å². The van der Waals surface area contributed by atoms with Gasteiger partial charge in [-0.3, -0.25) is 19.3 Å². The average Bonchev–Trinajstić information content (AvgIpc) is 3.35. The number of anilines is 1. The van der Waals surface area contributed by atoms with Gasteiger partial charge in [0.15, 0.2) is 22.3 Å². The molecule has 0 aliphatic carbocycles. The molecule has 0 spiro atoms. The minimum Gasteiger partial charge on any atom is -0.504 e. The number of β-lactam (4-membered cyclic amide) rings is 1. The highest BCUT2D eigenvalue weighted by atomic mass is 32.2. The van der Waals surface area contributed by atoms with Crippen LogP contribution in [-0.4, -0.2) is 93.0 Å². The molecule has 2 atom stereocenters. The summed E-state index contributed by atoms with van der Waals surface area (Å²) in [4.78, 5) is 58.1. The second kappa shape index (κ2) is 12.1. The summed E-state index contributed by atoms with van der Waals surface area (Å²) in [6.07, 6.45) is -1.71. The molecular formula is C22H21N5O12S3. The molecule has 20 heteroatoms. The number of esters is 1. The van der Waals surface area contributed by atoms with Crippen molar-refractivity contribution < 1.29 is 57.2 Å². The quantitative estimate of drug-likeness (QED) is 0.0759. The van der Waals surface area contributed by atoms with Crippen LogP contribution in [0.25, 0.3) is 0 Å². The largest absolute Gasteiger partial charge is 0.512 e. The van der Waals surface area contributed by atoms with Gasteiger partial charge < -0.3 is 40.7 Å². The molecule has 2 amide bonds. The third-order valence-corrected chi connectivity index (χ3v) is 8.96. The molecule has 1 aromatic carbocycles. The summed E-state index contributed by atoms with van der Waals surface area (Å²) < 4.78 is 34.8. The molecule has 0 unspecified atom stereocenters. The number of thiazole rings is 1. The number of thioether (sulfide) groups is 1. The number of hydrogen-bond donors (Lipinski definition) is 5. The lowest BCUT2D eigenvalue weighted by Crippen LogP contribution is -2.70. The lowest BCUT2D eigenvalue weighted by atomic mass is 10.1. The van der Waals surface area contributed by atoms with Crippen LogP contribution < -0.4 is 11.1 Å². The van der Waals surface area contributed by atoms with E-state index < -0.39 is 73.2 Å². The van der Waals surface area contributed by atoms with E-state index in [1.165, 1.54) is 5.38 Å². The molecule has 224 valence electrons. The third-order valence-electron chi connectivity index (χ3n) is 5.56. The SMILES string of the molecule is CC(=O)OCC1=C(OC(=O)O)N2C(=O)[C@@H](NC(=O)/C(=N\OCS(=O)(=O)c3ccc(O)c(O)c3)c3csc(N)n3)[C@H]2SC1. The number of nitrogens with zero attached hydrogens (tertiary/aromatic N) is 3. The molecule has 0 saturated carbocycles. The summed E-state index contributed by atoms with van der Waals surface area (Å²) in [5.74, 6) is -4.89. The van der Waals surface area contributed by atoms with Crippen molar-refractivity contribution in [3.8, 4) is 11.5 Å². The zero-order valence-corrected chi connectivity index (χ0v) is 23.7. The van der Waals surface area contributed by atoms with Crippen LogP contribution in [0.1, 0.15) is 12.6 Å². The Morgan fingerprint density at radius 3 is 2.62 bits per heavy atom. The maximum absolute atomic E-state index is 13.2. The number of nitrogens with one attached hydrogen (secondary N) is 1. The number of fused-ring (bicyclic) bond motifs is 1. The number of ether oxygens (including phenoxy) is 2. The molecule has 1 saturated heterocycles. The van der Waals surface area contributed by atoms with Gasteiger partial charge in [0.2, 0.25) is 21.7 Å². The number of nitrogen functional groups attached to an aromatic ring is 1. The van der Waals surface area contributed by atoms with E-state index in [4.69, 9.17) is 25.2 Å².